The lowest BCUT2D eigenvalue weighted by Gasteiger charge is -2.34. The summed E-state index contributed by atoms with van der Waals surface area (Å²) in [4.78, 5) is 7.36. The zero-order valence-electron chi connectivity index (χ0n) is 15.0. The minimum atomic E-state index is 0.435. The molecule has 0 saturated carbocycles. The highest BCUT2D eigenvalue weighted by Gasteiger charge is 2.20. The van der Waals surface area contributed by atoms with Crippen LogP contribution in [0.1, 0.15) is 31.7 Å². The van der Waals surface area contributed by atoms with Crippen molar-refractivity contribution < 1.29 is 4.74 Å². The summed E-state index contributed by atoms with van der Waals surface area (Å²) in [5.41, 5.74) is 1.89. The fraction of sp³-hybridized carbons (Fsp3) is 0.318. The van der Waals surface area contributed by atoms with E-state index in [0.29, 0.717) is 12.6 Å². The number of pyridine rings is 1. The number of fused-ring (bicyclic) bond motifs is 1. The number of ether oxygens (including phenoxy) is 1. The van der Waals surface area contributed by atoms with Crippen LogP contribution in [0.3, 0.4) is 0 Å². The molecule has 26 heavy (non-hydrogen) atoms. The van der Waals surface area contributed by atoms with E-state index >= 15 is 0 Å². The van der Waals surface area contributed by atoms with Crippen LogP contribution in [0.15, 0.2) is 54.6 Å². The van der Waals surface area contributed by atoms with Gasteiger partial charge >= 0.3 is 0 Å². The molecule has 0 spiro atoms. The summed E-state index contributed by atoms with van der Waals surface area (Å²) in [6.45, 7) is 3.79. The van der Waals surface area contributed by atoms with Gasteiger partial charge in [-0.1, -0.05) is 41.9 Å². The van der Waals surface area contributed by atoms with Crippen molar-refractivity contribution in [3.63, 3.8) is 0 Å². The summed E-state index contributed by atoms with van der Waals surface area (Å²) in [6.07, 6.45) is 3.76. The average Bonchev–Trinajstić information content (AvgIpc) is 2.67. The largest absolute Gasteiger partial charge is 0.487 e. The number of para-hydroxylation sites is 1. The maximum atomic E-state index is 6.25. The summed E-state index contributed by atoms with van der Waals surface area (Å²) in [7, 11) is 0. The molecule has 1 saturated heterocycles. The van der Waals surface area contributed by atoms with Gasteiger partial charge in [0.15, 0.2) is 0 Å². The van der Waals surface area contributed by atoms with Crippen molar-refractivity contribution in [1.82, 2.24) is 4.98 Å². The van der Waals surface area contributed by atoms with Gasteiger partial charge in [0.1, 0.15) is 23.7 Å². The van der Waals surface area contributed by atoms with E-state index in [9.17, 15) is 0 Å². The molecule has 0 amide bonds. The SMILES string of the molecule is CC1CCCCN1c1ccc2cccc(OCc3ccccc3Cl)c2n1. The van der Waals surface area contributed by atoms with Crippen LogP contribution >= 0.6 is 11.6 Å². The third kappa shape index (κ3) is 3.49. The van der Waals surface area contributed by atoms with E-state index in [1.165, 1.54) is 19.3 Å². The van der Waals surface area contributed by atoms with Crippen molar-refractivity contribution in [2.24, 2.45) is 0 Å². The Morgan fingerprint density at radius 1 is 1.08 bits per heavy atom. The van der Waals surface area contributed by atoms with Crippen LogP contribution in [-0.2, 0) is 6.61 Å². The molecule has 0 N–H and O–H groups in total. The minimum Gasteiger partial charge on any atom is -0.487 e. The number of nitrogens with zero attached hydrogens (tertiary/aromatic N) is 2. The van der Waals surface area contributed by atoms with Crippen molar-refractivity contribution in [3.05, 3.63) is 65.2 Å². The van der Waals surface area contributed by atoms with Crippen LogP contribution in [0.5, 0.6) is 5.75 Å². The van der Waals surface area contributed by atoms with E-state index in [0.717, 1.165) is 39.6 Å². The van der Waals surface area contributed by atoms with Crippen molar-refractivity contribution in [2.75, 3.05) is 11.4 Å². The van der Waals surface area contributed by atoms with Crippen LogP contribution < -0.4 is 9.64 Å². The second-order valence-electron chi connectivity index (χ2n) is 6.92. The highest BCUT2D eigenvalue weighted by atomic mass is 35.5. The van der Waals surface area contributed by atoms with Gasteiger partial charge in [-0.2, -0.15) is 0 Å². The average molecular weight is 367 g/mol. The fourth-order valence-corrected chi connectivity index (χ4v) is 3.79. The lowest BCUT2D eigenvalue weighted by Crippen LogP contribution is -2.37. The molecule has 4 rings (SSSR count). The van der Waals surface area contributed by atoms with E-state index in [-0.39, 0.29) is 0 Å². The summed E-state index contributed by atoms with van der Waals surface area (Å²) in [6, 6.07) is 18.6. The Morgan fingerprint density at radius 2 is 1.96 bits per heavy atom. The fourth-order valence-electron chi connectivity index (χ4n) is 3.60. The van der Waals surface area contributed by atoms with Gasteiger partial charge in [-0.3, -0.25) is 0 Å². The van der Waals surface area contributed by atoms with Crippen LogP contribution in [0.4, 0.5) is 5.82 Å². The summed E-state index contributed by atoms with van der Waals surface area (Å²) < 4.78 is 6.09. The lowest BCUT2D eigenvalue weighted by molar-refractivity contribution is 0.309. The molecule has 3 aromatic rings. The normalized spacial score (nSPS) is 17.5. The van der Waals surface area contributed by atoms with Gasteiger partial charge in [-0.05, 0) is 50.5 Å². The number of rotatable bonds is 4. The van der Waals surface area contributed by atoms with E-state index < -0.39 is 0 Å². The highest BCUT2D eigenvalue weighted by molar-refractivity contribution is 6.31. The molecule has 1 aliphatic rings. The Kier molecular flexibility index (Phi) is 4.98. The summed E-state index contributed by atoms with van der Waals surface area (Å²) in [5.74, 6) is 1.84. The molecule has 1 aliphatic heterocycles. The van der Waals surface area contributed by atoms with Gasteiger partial charge in [0.2, 0.25) is 0 Å². The smallest absolute Gasteiger partial charge is 0.146 e. The third-order valence-corrected chi connectivity index (χ3v) is 5.48. The van der Waals surface area contributed by atoms with Gasteiger partial charge in [0.05, 0.1) is 0 Å². The number of hydrogen-bond acceptors (Lipinski definition) is 3. The number of halogens is 1. The zero-order valence-corrected chi connectivity index (χ0v) is 15.7. The predicted octanol–water partition coefficient (Wildman–Crippen LogP) is 5.85. The molecule has 2 heterocycles. The van der Waals surface area contributed by atoms with Crippen LogP contribution in [-0.4, -0.2) is 17.6 Å². The zero-order chi connectivity index (χ0) is 17.9. The molecule has 4 heteroatoms. The number of anilines is 1. The summed E-state index contributed by atoms with van der Waals surface area (Å²) in [5, 5.41) is 1.82. The van der Waals surface area contributed by atoms with E-state index in [1.54, 1.807) is 0 Å². The number of piperidine rings is 1. The Balaban J connectivity index is 1.64. The van der Waals surface area contributed by atoms with Gasteiger partial charge in [-0.25, -0.2) is 4.98 Å². The molecule has 1 atom stereocenters. The van der Waals surface area contributed by atoms with Crippen LogP contribution in [0, 0.1) is 0 Å². The Hall–Kier alpha value is -2.26. The monoisotopic (exact) mass is 366 g/mol. The topological polar surface area (TPSA) is 25.4 Å². The molecule has 0 radical (unpaired) electrons. The maximum Gasteiger partial charge on any atom is 0.146 e. The van der Waals surface area contributed by atoms with Crippen LogP contribution in [0.2, 0.25) is 5.02 Å². The number of hydrogen-bond donors (Lipinski definition) is 0. The first kappa shape index (κ1) is 17.2. The molecule has 1 fully saturated rings. The number of aromatic nitrogens is 1. The Labute approximate surface area is 159 Å². The molecular weight excluding hydrogens is 344 g/mol. The van der Waals surface area contributed by atoms with Gasteiger partial charge in [0.25, 0.3) is 0 Å². The molecule has 1 aromatic heterocycles. The number of benzene rings is 2. The molecule has 3 nitrogen and oxygen atoms in total. The second-order valence-corrected chi connectivity index (χ2v) is 7.32. The Morgan fingerprint density at radius 3 is 2.81 bits per heavy atom. The molecule has 0 bridgehead atoms. The quantitative estimate of drug-likeness (QED) is 0.579. The molecule has 1 unspecified atom stereocenters. The van der Waals surface area contributed by atoms with Crippen molar-refractivity contribution in [1.29, 1.82) is 0 Å². The van der Waals surface area contributed by atoms with Gasteiger partial charge in [0, 0.05) is 28.6 Å². The minimum absolute atomic E-state index is 0.435. The van der Waals surface area contributed by atoms with E-state index in [2.05, 4.69) is 30.0 Å². The standard InChI is InChI=1S/C22H23ClN2O/c1-16-7-4-5-14-25(16)21-13-12-17-9-6-11-20(22(17)24-21)26-15-18-8-2-3-10-19(18)23/h2-3,6,8-13,16H,4-5,7,14-15H2,1H3. The highest BCUT2D eigenvalue weighted by Crippen LogP contribution is 2.30. The van der Waals surface area contributed by atoms with Gasteiger partial charge in [-0.15, -0.1) is 0 Å². The van der Waals surface area contributed by atoms with Crippen molar-refractivity contribution in [3.8, 4) is 5.75 Å². The first-order chi connectivity index (χ1) is 12.7. The van der Waals surface area contributed by atoms with Crippen molar-refractivity contribution in [2.45, 2.75) is 38.8 Å². The predicted molar refractivity (Wildman–Crippen MR) is 108 cm³/mol. The summed E-state index contributed by atoms with van der Waals surface area (Å²) >= 11 is 6.25. The third-order valence-electron chi connectivity index (χ3n) is 5.11. The van der Waals surface area contributed by atoms with Crippen LogP contribution in [0.25, 0.3) is 10.9 Å². The second kappa shape index (κ2) is 7.55. The Bertz CT molecular complexity index is 912. The first-order valence-electron chi connectivity index (χ1n) is 9.25. The molecule has 2 aromatic carbocycles. The maximum absolute atomic E-state index is 6.25. The van der Waals surface area contributed by atoms with E-state index in [1.807, 2.05) is 36.4 Å². The molecule has 0 aliphatic carbocycles. The van der Waals surface area contributed by atoms with Gasteiger partial charge < -0.3 is 9.64 Å². The van der Waals surface area contributed by atoms with E-state index in [4.69, 9.17) is 21.3 Å². The van der Waals surface area contributed by atoms with Crippen molar-refractivity contribution >= 4 is 28.3 Å². The molecule has 134 valence electrons. The first-order valence-corrected chi connectivity index (χ1v) is 9.63. The lowest BCUT2D eigenvalue weighted by atomic mass is 10.0. The molecular formula is C22H23ClN2O.